The molecule has 4 nitrogen and oxygen atoms in total. The Morgan fingerprint density at radius 1 is 0.373 bits per heavy atom. The van der Waals surface area contributed by atoms with Gasteiger partial charge in [-0.1, -0.05) is 121 Å². The summed E-state index contributed by atoms with van der Waals surface area (Å²) in [7, 11) is 0. The lowest BCUT2D eigenvalue weighted by Gasteiger charge is -2.14. The Labute approximate surface area is 292 Å². The summed E-state index contributed by atoms with van der Waals surface area (Å²) in [5.74, 6) is 0. The highest BCUT2D eigenvalue weighted by atomic mass is 16.3. The van der Waals surface area contributed by atoms with E-state index in [-0.39, 0.29) is 0 Å². The van der Waals surface area contributed by atoms with Crippen LogP contribution >= 0.6 is 0 Å². The standard InChI is InChI=1S/C47H28N2O2/c1-2-11-29(12-3-1)30-21-23-31(24-22-30)40-25-32(26-41(48-40)37-17-10-16-36-34-14-5-9-20-45(34)51-47(36)37)49-42-18-7-4-13-33(42)38-28-46-39(27-43(38)49)35-15-6-8-19-44(35)50-46/h1-28H. The first-order valence-electron chi connectivity index (χ1n) is 17.2. The summed E-state index contributed by atoms with van der Waals surface area (Å²) in [4.78, 5) is 5.36. The number of benzene rings is 7. The molecule has 0 aliphatic rings. The highest BCUT2D eigenvalue weighted by Crippen LogP contribution is 2.41. The molecule has 0 atom stereocenters. The van der Waals surface area contributed by atoms with Crippen LogP contribution in [0.2, 0.25) is 0 Å². The minimum Gasteiger partial charge on any atom is -0.456 e. The Morgan fingerprint density at radius 2 is 1.00 bits per heavy atom. The third kappa shape index (κ3) is 4.30. The molecule has 11 aromatic rings. The van der Waals surface area contributed by atoms with Crippen molar-refractivity contribution in [3.63, 3.8) is 0 Å². The number of aromatic nitrogens is 2. The van der Waals surface area contributed by atoms with Crippen molar-refractivity contribution in [1.82, 2.24) is 9.55 Å². The van der Waals surface area contributed by atoms with Gasteiger partial charge in [-0.25, -0.2) is 4.98 Å². The van der Waals surface area contributed by atoms with Gasteiger partial charge in [0.25, 0.3) is 0 Å². The molecule has 0 aliphatic carbocycles. The van der Waals surface area contributed by atoms with Gasteiger partial charge in [-0.3, -0.25) is 0 Å². The van der Waals surface area contributed by atoms with Crippen LogP contribution in [-0.2, 0) is 0 Å². The Balaban J connectivity index is 1.20. The van der Waals surface area contributed by atoms with Gasteiger partial charge in [-0.2, -0.15) is 0 Å². The number of pyridine rings is 1. The number of nitrogens with zero attached hydrogens (tertiary/aromatic N) is 2. The Morgan fingerprint density at radius 3 is 1.82 bits per heavy atom. The van der Waals surface area contributed by atoms with E-state index in [0.717, 1.165) is 88.5 Å². The predicted octanol–water partition coefficient (Wildman–Crippen LogP) is 13.0. The van der Waals surface area contributed by atoms with E-state index in [1.807, 2.05) is 30.3 Å². The maximum absolute atomic E-state index is 6.54. The summed E-state index contributed by atoms with van der Waals surface area (Å²) < 4.78 is 15.3. The second-order valence-corrected chi connectivity index (χ2v) is 13.1. The van der Waals surface area contributed by atoms with Gasteiger partial charge in [0, 0.05) is 43.4 Å². The number of hydrogen-bond acceptors (Lipinski definition) is 3. The SMILES string of the molecule is c1ccc(-c2ccc(-c3cc(-n4c5ccccc5c5cc6oc7ccccc7c6cc54)cc(-c4cccc5c4oc4ccccc45)n3)cc2)cc1. The van der Waals surface area contributed by atoms with Crippen molar-refractivity contribution in [2.45, 2.75) is 0 Å². The molecule has 0 saturated heterocycles. The van der Waals surface area contributed by atoms with Crippen LogP contribution in [0.25, 0.3) is 105 Å². The van der Waals surface area contributed by atoms with Crippen LogP contribution in [0, 0.1) is 0 Å². The highest BCUT2D eigenvalue weighted by Gasteiger charge is 2.20. The third-order valence-electron chi connectivity index (χ3n) is 10.2. The number of fused-ring (bicyclic) bond motifs is 9. The molecule has 0 fully saturated rings. The lowest BCUT2D eigenvalue weighted by molar-refractivity contribution is 0.669. The molecule has 4 heterocycles. The van der Waals surface area contributed by atoms with E-state index in [0.29, 0.717) is 0 Å². The van der Waals surface area contributed by atoms with E-state index in [9.17, 15) is 0 Å². The fourth-order valence-electron chi connectivity index (χ4n) is 7.81. The van der Waals surface area contributed by atoms with Crippen molar-refractivity contribution in [3.8, 4) is 39.3 Å². The average Bonchev–Trinajstić information content (AvgIpc) is 3.86. The van der Waals surface area contributed by atoms with Crippen molar-refractivity contribution < 1.29 is 8.83 Å². The predicted molar refractivity (Wildman–Crippen MR) is 209 cm³/mol. The number of para-hydroxylation sites is 4. The van der Waals surface area contributed by atoms with Crippen molar-refractivity contribution in [3.05, 3.63) is 170 Å². The summed E-state index contributed by atoms with van der Waals surface area (Å²) in [5.41, 5.74) is 12.8. The van der Waals surface area contributed by atoms with E-state index in [2.05, 4.69) is 144 Å². The molecule has 0 spiro atoms. The Bertz CT molecular complexity index is 3130. The summed E-state index contributed by atoms with van der Waals surface area (Å²) in [5, 5.41) is 6.69. The van der Waals surface area contributed by atoms with Crippen LogP contribution in [0.4, 0.5) is 0 Å². The molecule has 4 aromatic heterocycles. The average molecular weight is 653 g/mol. The molecule has 0 bridgehead atoms. The second kappa shape index (κ2) is 10.8. The van der Waals surface area contributed by atoms with Crippen LogP contribution in [0.3, 0.4) is 0 Å². The summed E-state index contributed by atoms with van der Waals surface area (Å²) in [6.45, 7) is 0. The Hall–Kier alpha value is -6.91. The zero-order chi connectivity index (χ0) is 33.5. The minimum absolute atomic E-state index is 0.836. The lowest BCUT2D eigenvalue weighted by atomic mass is 10.0. The van der Waals surface area contributed by atoms with Crippen LogP contribution in [0.5, 0.6) is 0 Å². The van der Waals surface area contributed by atoms with Crippen LogP contribution in [0.1, 0.15) is 0 Å². The van der Waals surface area contributed by atoms with Gasteiger partial charge >= 0.3 is 0 Å². The maximum atomic E-state index is 6.54. The van der Waals surface area contributed by atoms with Crippen molar-refractivity contribution in [2.75, 3.05) is 0 Å². The second-order valence-electron chi connectivity index (χ2n) is 13.1. The molecule has 0 N–H and O–H groups in total. The Kier molecular flexibility index (Phi) is 5.92. The summed E-state index contributed by atoms with van der Waals surface area (Å²) in [6, 6.07) is 59.5. The summed E-state index contributed by atoms with van der Waals surface area (Å²) in [6.07, 6.45) is 0. The first kappa shape index (κ1) is 28.0. The fraction of sp³-hybridized carbons (Fsp3) is 0. The van der Waals surface area contributed by atoms with Gasteiger partial charge in [0.1, 0.15) is 22.3 Å². The van der Waals surface area contributed by atoms with Crippen molar-refractivity contribution in [1.29, 1.82) is 0 Å². The molecular weight excluding hydrogens is 625 g/mol. The molecule has 0 unspecified atom stereocenters. The fourth-order valence-corrected chi connectivity index (χ4v) is 7.81. The quantitative estimate of drug-likeness (QED) is 0.190. The number of hydrogen-bond donors (Lipinski definition) is 0. The minimum atomic E-state index is 0.836. The molecule has 11 rings (SSSR count). The first-order chi connectivity index (χ1) is 25.3. The zero-order valence-electron chi connectivity index (χ0n) is 27.4. The zero-order valence-corrected chi connectivity index (χ0v) is 27.4. The van der Waals surface area contributed by atoms with Crippen molar-refractivity contribution >= 4 is 65.7 Å². The molecule has 4 heteroatoms. The largest absolute Gasteiger partial charge is 0.456 e. The van der Waals surface area contributed by atoms with Crippen LogP contribution in [0.15, 0.2) is 179 Å². The van der Waals surface area contributed by atoms with Crippen LogP contribution in [-0.4, -0.2) is 9.55 Å². The van der Waals surface area contributed by atoms with E-state index in [1.54, 1.807) is 0 Å². The maximum Gasteiger partial charge on any atom is 0.144 e. The van der Waals surface area contributed by atoms with Gasteiger partial charge < -0.3 is 13.4 Å². The van der Waals surface area contributed by atoms with E-state index < -0.39 is 0 Å². The number of furan rings is 2. The molecule has 51 heavy (non-hydrogen) atoms. The summed E-state index contributed by atoms with van der Waals surface area (Å²) >= 11 is 0. The monoisotopic (exact) mass is 652 g/mol. The highest BCUT2D eigenvalue weighted by molar-refractivity contribution is 6.17. The topological polar surface area (TPSA) is 44.1 Å². The smallest absolute Gasteiger partial charge is 0.144 e. The number of rotatable bonds is 4. The van der Waals surface area contributed by atoms with Crippen LogP contribution < -0.4 is 0 Å². The van der Waals surface area contributed by atoms with Gasteiger partial charge in [-0.05, 0) is 59.7 Å². The van der Waals surface area contributed by atoms with Gasteiger partial charge in [0.15, 0.2) is 0 Å². The molecule has 238 valence electrons. The van der Waals surface area contributed by atoms with Crippen molar-refractivity contribution in [2.24, 2.45) is 0 Å². The molecule has 7 aromatic carbocycles. The lowest BCUT2D eigenvalue weighted by Crippen LogP contribution is -1.98. The third-order valence-corrected chi connectivity index (χ3v) is 10.2. The first-order valence-corrected chi connectivity index (χ1v) is 17.2. The molecule has 0 radical (unpaired) electrons. The molecule has 0 saturated carbocycles. The molecular formula is C47H28N2O2. The van der Waals surface area contributed by atoms with Gasteiger partial charge in [0.05, 0.1) is 28.1 Å². The van der Waals surface area contributed by atoms with E-state index in [4.69, 9.17) is 13.8 Å². The van der Waals surface area contributed by atoms with Gasteiger partial charge in [0.2, 0.25) is 0 Å². The normalized spacial score (nSPS) is 11.9. The van der Waals surface area contributed by atoms with E-state index >= 15 is 0 Å². The molecule has 0 amide bonds. The van der Waals surface area contributed by atoms with E-state index in [1.165, 1.54) is 16.5 Å². The van der Waals surface area contributed by atoms with Gasteiger partial charge in [-0.15, -0.1) is 0 Å². The molecule has 0 aliphatic heterocycles.